The van der Waals surface area contributed by atoms with E-state index in [1.165, 1.54) is 0 Å². The fraction of sp³-hybridized carbons (Fsp3) is 0.448. The van der Waals surface area contributed by atoms with Crippen molar-refractivity contribution in [2.75, 3.05) is 13.2 Å². The van der Waals surface area contributed by atoms with Gasteiger partial charge in [0.05, 0.1) is 6.04 Å². The summed E-state index contributed by atoms with van der Waals surface area (Å²) in [5, 5.41) is 29.4. The minimum atomic E-state index is -2.01. The SMILES string of the molecule is CC(C)(C)C[C@@H](NC(=O)C1(O)c2ccccc2-c2ccccc21)C(=O)N[C@H](C[C@@H]1CCNC1=O)C(=O)CO. The van der Waals surface area contributed by atoms with Crippen LogP contribution in [0.5, 0.6) is 0 Å². The fourth-order valence-corrected chi connectivity index (χ4v) is 5.35. The summed E-state index contributed by atoms with van der Waals surface area (Å²) in [4.78, 5) is 51.9. The van der Waals surface area contributed by atoms with Crippen LogP contribution in [0.1, 0.15) is 51.2 Å². The Morgan fingerprint density at radius 3 is 2.08 bits per heavy atom. The number of amides is 3. The molecule has 3 amide bonds. The molecule has 9 heteroatoms. The predicted molar refractivity (Wildman–Crippen MR) is 141 cm³/mol. The van der Waals surface area contributed by atoms with E-state index in [0.29, 0.717) is 24.1 Å². The Kier molecular flexibility index (Phi) is 7.71. The van der Waals surface area contributed by atoms with E-state index >= 15 is 0 Å². The van der Waals surface area contributed by atoms with Crippen molar-refractivity contribution < 1.29 is 29.4 Å². The number of rotatable bonds is 9. The first-order chi connectivity index (χ1) is 18.0. The van der Waals surface area contributed by atoms with Gasteiger partial charge in [0, 0.05) is 23.6 Å². The molecule has 2 aromatic carbocycles. The smallest absolute Gasteiger partial charge is 0.262 e. The molecule has 4 rings (SSSR count). The number of fused-ring (bicyclic) bond motifs is 3. The molecule has 0 radical (unpaired) electrons. The van der Waals surface area contributed by atoms with Crippen LogP contribution in [-0.2, 0) is 24.8 Å². The molecule has 2 aromatic rings. The molecule has 38 heavy (non-hydrogen) atoms. The lowest BCUT2D eigenvalue weighted by Gasteiger charge is -2.31. The normalized spacial score (nSPS) is 19.1. The number of ketones is 1. The van der Waals surface area contributed by atoms with E-state index in [0.717, 1.165) is 11.1 Å². The molecule has 1 aliphatic heterocycles. The zero-order chi connectivity index (χ0) is 27.7. The minimum Gasteiger partial charge on any atom is -0.389 e. The molecule has 3 atom stereocenters. The van der Waals surface area contributed by atoms with Crippen molar-refractivity contribution in [3.05, 3.63) is 59.7 Å². The molecule has 0 aromatic heterocycles. The maximum absolute atomic E-state index is 13.8. The molecule has 1 fully saturated rings. The van der Waals surface area contributed by atoms with Gasteiger partial charge in [-0.2, -0.15) is 0 Å². The molecule has 0 spiro atoms. The summed E-state index contributed by atoms with van der Waals surface area (Å²) in [6.45, 7) is 5.43. The largest absolute Gasteiger partial charge is 0.389 e. The standard InChI is InChI=1S/C29H35N3O6/c1-28(2,3)15-23(26(36)31-22(24(34)16-33)14-17-12-13-30-25(17)35)32-27(37)29(38)20-10-6-4-8-18(20)19-9-5-7-11-21(19)29/h4-11,17,22-23,33,38H,12-16H2,1-3H3,(H,30,35)(H,31,36)(H,32,37)/t17-,22+,23+/m0/s1. The van der Waals surface area contributed by atoms with Gasteiger partial charge < -0.3 is 26.2 Å². The predicted octanol–water partition coefficient (Wildman–Crippen LogP) is 1.40. The second kappa shape index (κ2) is 10.7. The van der Waals surface area contributed by atoms with Crippen LogP contribution in [0.4, 0.5) is 0 Å². The molecular weight excluding hydrogens is 486 g/mol. The van der Waals surface area contributed by atoms with Gasteiger partial charge in [-0.3, -0.25) is 19.2 Å². The highest BCUT2D eigenvalue weighted by Crippen LogP contribution is 2.47. The molecule has 9 nitrogen and oxygen atoms in total. The highest BCUT2D eigenvalue weighted by atomic mass is 16.3. The summed E-state index contributed by atoms with van der Waals surface area (Å²) < 4.78 is 0. The number of Topliss-reactive ketones (excluding diaryl/α,β-unsaturated/α-hetero) is 1. The molecule has 5 N–H and O–H groups in total. The second-order valence-electron chi connectivity index (χ2n) is 11.3. The van der Waals surface area contributed by atoms with E-state index in [4.69, 9.17) is 0 Å². The summed E-state index contributed by atoms with van der Waals surface area (Å²) in [6, 6.07) is 12.0. The number of hydrogen-bond acceptors (Lipinski definition) is 6. The maximum atomic E-state index is 13.8. The highest BCUT2D eigenvalue weighted by Gasteiger charge is 2.49. The van der Waals surface area contributed by atoms with E-state index in [1.807, 2.05) is 45.0 Å². The van der Waals surface area contributed by atoms with E-state index in [9.17, 15) is 29.4 Å². The summed E-state index contributed by atoms with van der Waals surface area (Å²) >= 11 is 0. The van der Waals surface area contributed by atoms with Gasteiger partial charge in [-0.05, 0) is 35.8 Å². The van der Waals surface area contributed by atoms with Crippen molar-refractivity contribution in [1.29, 1.82) is 0 Å². The summed E-state index contributed by atoms with van der Waals surface area (Å²) in [5.74, 6) is -2.65. The van der Waals surface area contributed by atoms with E-state index in [1.54, 1.807) is 24.3 Å². The Morgan fingerprint density at radius 2 is 1.58 bits per heavy atom. The first-order valence-electron chi connectivity index (χ1n) is 12.9. The lowest BCUT2D eigenvalue weighted by Crippen LogP contribution is -2.56. The monoisotopic (exact) mass is 521 g/mol. The highest BCUT2D eigenvalue weighted by molar-refractivity contribution is 6.01. The third-order valence-electron chi connectivity index (χ3n) is 7.23. The average Bonchev–Trinajstić information content (AvgIpc) is 3.41. The molecule has 0 unspecified atom stereocenters. The molecule has 1 saturated heterocycles. The van der Waals surface area contributed by atoms with Crippen LogP contribution in [-0.4, -0.2) is 59.0 Å². The fourth-order valence-electron chi connectivity index (χ4n) is 5.35. The van der Waals surface area contributed by atoms with Gasteiger partial charge in [0.1, 0.15) is 12.6 Å². The van der Waals surface area contributed by atoms with Crippen LogP contribution in [0.3, 0.4) is 0 Å². The van der Waals surface area contributed by atoms with Crippen molar-refractivity contribution in [2.45, 2.75) is 57.7 Å². The first kappa shape index (κ1) is 27.5. The van der Waals surface area contributed by atoms with Crippen LogP contribution in [0.2, 0.25) is 0 Å². The van der Waals surface area contributed by atoms with Crippen LogP contribution < -0.4 is 16.0 Å². The van der Waals surface area contributed by atoms with Crippen molar-refractivity contribution in [3.63, 3.8) is 0 Å². The van der Waals surface area contributed by atoms with Gasteiger partial charge in [0.15, 0.2) is 11.4 Å². The van der Waals surface area contributed by atoms with Crippen molar-refractivity contribution in [3.8, 4) is 11.1 Å². The summed E-state index contributed by atoms with van der Waals surface area (Å²) in [5.41, 5.74) is -0.0812. The Morgan fingerprint density at radius 1 is 1.00 bits per heavy atom. The molecule has 1 heterocycles. The quantitative estimate of drug-likeness (QED) is 0.337. The zero-order valence-electron chi connectivity index (χ0n) is 21.9. The third-order valence-corrected chi connectivity index (χ3v) is 7.23. The minimum absolute atomic E-state index is 0.0534. The van der Waals surface area contributed by atoms with Crippen LogP contribution in [0.15, 0.2) is 48.5 Å². The number of carbonyl (C=O) groups excluding carboxylic acids is 4. The maximum Gasteiger partial charge on any atom is 0.262 e. The Hall–Kier alpha value is -3.56. The number of nitrogens with one attached hydrogen (secondary N) is 3. The van der Waals surface area contributed by atoms with Gasteiger partial charge in [-0.25, -0.2) is 0 Å². The van der Waals surface area contributed by atoms with E-state index in [-0.39, 0.29) is 18.7 Å². The number of aliphatic hydroxyl groups excluding tert-OH is 1. The lowest BCUT2D eigenvalue weighted by atomic mass is 9.86. The van der Waals surface area contributed by atoms with Gasteiger partial charge in [0.2, 0.25) is 11.8 Å². The second-order valence-corrected chi connectivity index (χ2v) is 11.3. The lowest BCUT2D eigenvalue weighted by molar-refractivity contribution is -0.140. The van der Waals surface area contributed by atoms with Gasteiger partial charge in [-0.1, -0.05) is 69.3 Å². The number of carbonyl (C=O) groups is 4. The van der Waals surface area contributed by atoms with Crippen molar-refractivity contribution in [2.24, 2.45) is 11.3 Å². The van der Waals surface area contributed by atoms with Crippen LogP contribution >= 0.6 is 0 Å². The van der Waals surface area contributed by atoms with Gasteiger partial charge >= 0.3 is 0 Å². The van der Waals surface area contributed by atoms with Crippen LogP contribution in [0.25, 0.3) is 11.1 Å². The van der Waals surface area contributed by atoms with Gasteiger partial charge in [0.25, 0.3) is 5.91 Å². The van der Waals surface area contributed by atoms with Gasteiger partial charge in [-0.15, -0.1) is 0 Å². The average molecular weight is 522 g/mol. The summed E-state index contributed by atoms with van der Waals surface area (Å²) in [7, 11) is 0. The molecule has 0 saturated carbocycles. The topological polar surface area (TPSA) is 145 Å². The Labute approximate surface area is 222 Å². The molecule has 202 valence electrons. The van der Waals surface area contributed by atoms with Crippen LogP contribution in [0, 0.1) is 11.3 Å². The molecule has 0 bridgehead atoms. The first-order valence-corrected chi connectivity index (χ1v) is 12.9. The molecule has 1 aliphatic carbocycles. The van der Waals surface area contributed by atoms with Crippen molar-refractivity contribution >= 4 is 23.5 Å². The number of aliphatic hydroxyl groups is 2. The Balaban J connectivity index is 1.61. The Bertz CT molecular complexity index is 1210. The van der Waals surface area contributed by atoms with E-state index < -0.39 is 53.2 Å². The number of benzene rings is 2. The molecular formula is C29H35N3O6. The third kappa shape index (κ3) is 5.35. The summed E-state index contributed by atoms with van der Waals surface area (Å²) in [6.07, 6.45) is 0.795. The van der Waals surface area contributed by atoms with E-state index in [2.05, 4.69) is 16.0 Å². The van der Waals surface area contributed by atoms with Crippen molar-refractivity contribution in [1.82, 2.24) is 16.0 Å². The molecule has 2 aliphatic rings. The zero-order valence-corrected chi connectivity index (χ0v) is 21.9. The number of hydrogen-bond donors (Lipinski definition) is 5.